The molecule has 1 amide bonds. The molecule has 1 saturated heterocycles. The van der Waals surface area contributed by atoms with Crippen LogP contribution in [0.1, 0.15) is 20.3 Å². The predicted molar refractivity (Wildman–Crippen MR) is 61.6 cm³/mol. The summed E-state index contributed by atoms with van der Waals surface area (Å²) in [6, 6.07) is 0.298. The van der Waals surface area contributed by atoms with E-state index in [1.165, 1.54) is 0 Å². The fraction of sp³-hybridized carbons (Fsp3) is 0.900. The fourth-order valence-corrected chi connectivity index (χ4v) is 2.39. The molecule has 0 aromatic rings. The summed E-state index contributed by atoms with van der Waals surface area (Å²) in [5.41, 5.74) is 0. The molecule has 1 fully saturated rings. The number of amides is 1. The van der Waals surface area contributed by atoms with Crippen molar-refractivity contribution in [3.05, 3.63) is 0 Å². The highest BCUT2D eigenvalue weighted by molar-refractivity contribution is 7.98. The predicted octanol–water partition coefficient (Wildman–Crippen LogP) is 0.852. The fourth-order valence-electron chi connectivity index (χ4n) is 1.81. The maximum Gasteiger partial charge on any atom is 0.237 e. The van der Waals surface area contributed by atoms with E-state index in [9.17, 15) is 4.79 Å². The van der Waals surface area contributed by atoms with Crippen molar-refractivity contribution in [2.75, 3.05) is 18.6 Å². The van der Waals surface area contributed by atoms with Crippen LogP contribution in [0.25, 0.3) is 0 Å². The van der Waals surface area contributed by atoms with Gasteiger partial charge in [0.15, 0.2) is 0 Å². The van der Waals surface area contributed by atoms with Gasteiger partial charge in [-0.05, 0) is 32.1 Å². The third-order valence-electron chi connectivity index (χ3n) is 2.62. The minimum atomic E-state index is 0.0271. The lowest BCUT2D eigenvalue weighted by Gasteiger charge is -2.19. The Labute approximate surface area is 90.4 Å². The number of hydrogen-bond donors (Lipinski definition) is 2. The molecule has 4 heteroatoms. The van der Waals surface area contributed by atoms with Gasteiger partial charge in [0, 0.05) is 11.8 Å². The van der Waals surface area contributed by atoms with Crippen LogP contribution in [0.5, 0.6) is 0 Å². The highest BCUT2D eigenvalue weighted by Crippen LogP contribution is 2.14. The molecule has 1 aliphatic rings. The van der Waals surface area contributed by atoms with Crippen LogP contribution in [0.4, 0.5) is 0 Å². The topological polar surface area (TPSA) is 41.1 Å². The summed E-state index contributed by atoms with van der Waals surface area (Å²) in [5.74, 6) is 1.61. The number of thioether (sulfide) groups is 1. The average Bonchev–Trinajstić information content (AvgIpc) is 2.51. The van der Waals surface area contributed by atoms with Crippen molar-refractivity contribution in [2.45, 2.75) is 32.4 Å². The summed E-state index contributed by atoms with van der Waals surface area (Å²) in [6.07, 6.45) is 3.16. The van der Waals surface area contributed by atoms with Gasteiger partial charge < -0.3 is 10.6 Å². The smallest absolute Gasteiger partial charge is 0.237 e. The van der Waals surface area contributed by atoms with Crippen LogP contribution in [-0.2, 0) is 4.79 Å². The van der Waals surface area contributed by atoms with Crippen LogP contribution in [0, 0.1) is 5.92 Å². The van der Waals surface area contributed by atoms with E-state index in [-0.39, 0.29) is 18.0 Å². The average molecular weight is 216 g/mol. The molecule has 1 aliphatic heterocycles. The summed E-state index contributed by atoms with van der Waals surface area (Å²) in [7, 11) is 0. The Kier molecular flexibility index (Phi) is 4.75. The summed E-state index contributed by atoms with van der Waals surface area (Å²) >= 11 is 1.76. The molecule has 0 radical (unpaired) electrons. The summed E-state index contributed by atoms with van der Waals surface area (Å²) in [6.45, 7) is 5.15. The van der Waals surface area contributed by atoms with Crippen molar-refractivity contribution in [3.63, 3.8) is 0 Å². The Hall–Kier alpha value is -0.220. The molecule has 3 atom stereocenters. The Bertz CT molecular complexity index is 199. The first-order valence-corrected chi connectivity index (χ1v) is 6.57. The van der Waals surface area contributed by atoms with Gasteiger partial charge in [-0.2, -0.15) is 11.8 Å². The standard InChI is InChI=1S/C10H20N2OS/c1-7-4-5-11-9(7)10(13)12-8(2)6-14-3/h7-9,11H,4-6H2,1-3H3,(H,12,13). The molecule has 3 unspecified atom stereocenters. The number of carbonyl (C=O) groups excluding carboxylic acids is 1. The van der Waals surface area contributed by atoms with Crippen LogP contribution in [-0.4, -0.2) is 36.5 Å². The lowest BCUT2D eigenvalue weighted by atomic mass is 10.0. The van der Waals surface area contributed by atoms with Crippen molar-refractivity contribution in [3.8, 4) is 0 Å². The molecule has 0 saturated carbocycles. The minimum absolute atomic E-state index is 0.0271. The number of hydrogen-bond acceptors (Lipinski definition) is 3. The minimum Gasteiger partial charge on any atom is -0.351 e. The monoisotopic (exact) mass is 216 g/mol. The van der Waals surface area contributed by atoms with Crippen LogP contribution in [0.15, 0.2) is 0 Å². The molecule has 0 aliphatic carbocycles. The van der Waals surface area contributed by atoms with Crippen LogP contribution in [0.3, 0.4) is 0 Å². The van der Waals surface area contributed by atoms with Gasteiger partial charge in [0.1, 0.15) is 0 Å². The normalized spacial score (nSPS) is 28.8. The summed E-state index contributed by atoms with van der Waals surface area (Å²) in [5, 5.41) is 6.27. The molecule has 3 nitrogen and oxygen atoms in total. The zero-order chi connectivity index (χ0) is 10.6. The molecule has 1 rings (SSSR count). The molecule has 14 heavy (non-hydrogen) atoms. The molecule has 2 N–H and O–H groups in total. The maximum absolute atomic E-state index is 11.8. The zero-order valence-electron chi connectivity index (χ0n) is 9.17. The highest BCUT2D eigenvalue weighted by Gasteiger charge is 2.29. The number of nitrogens with one attached hydrogen (secondary N) is 2. The summed E-state index contributed by atoms with van der Waals surface area (Å²) in [4.78, 5) is 11.8. The van der Waals surface area contributed by atoms with Crippen LogP contribution >= 0.6 is 11.8 Å². The van der Waals surface area contributed by atoms with Gasteiger partial charge in [0.2, 0.25) is 5.91 Å². The van der Waals surface area contributed by atoms with Crippen LogP contribution in [0.2, 0.25) is 0 Å². The molecule has 1 heterocycles. The van der Waals surface area contributed by atoms with E-state index < -0.39 is 0 Å². The van der Waals surface area contributed by atoms with Gasteiger partial charge in [-0.25, -0.2) is 0 Å². The van der Waals surface area contributed by atoms with Crippen molar-refractivity contribution in [1.82, 2.24) is 10.6 Å². The van der Waals surface area contributed by atoms with E-state index >= 15 is 0 Å². The van der Waals surface area contributed by atoms with Gasteiger partial charge in [0.25, 0.3) is 0 Å². The Balaban J connectivity index is 2.33. The van der Waals surface area contributed by atoms with E-state index in [1.54, 1.807) is 11.8 Å². The molecule has 0 aromatic carbocycles. The molecule has 82 valence electrons. The lowest BCUT2D eigenvalue weighted by Crippen LogP contribution is -2.47. The first-order chi connectivity index (χ1) is 6.65. The van der Waals surface area contributed by atoms with E-state index in [0.29, 0.717) is 5.92 Å². The van der Waals surface area contributed by atoms with Gasteiger partial charge >= 0.3 is 0 Å². The van der Waals surface area contributed by atoms with E-state index in [2.05, 4.69) is 23.8 Å². The second kappa shape index (κ2) is 5.61. The van der Waals surface area contributed by atoms with Crippen molar-refractivity contribution >= 4 is 17.7 Å². The third-order valence-corrected chi connectivity index (χ3v) is 3.45. The molecule has 0 spiro atoms. The van der Waals surface area contributed by atoms with Crippen molar-refractivity contribution in [1.29, 1.82) is 0 Å². The van der Waals surface area contributed by atoms with Crippen molar-refractivity contribution in [2.24, 2.45) is 5.92 Å². The molecule has 0 bridgehead atoms. The molecular formula is C10H20N2OS. The largest absolute Gasteiger partial charge is 0.351 e. The summed E-state index contributed by atoms with van der Waals surface area (Å²) < 4.78 is 0. The quantitative estimate of drug-likeness (QED) is 0.732. The van der Waals surface area contributed by atoms with Gasteiger partial charge in [-0.1, -0.05) is 6.92 Å². The van der Waals surface area contributed by atoms with Gasteiger partial charge in [-0.15, -0.1) is 0 Å². The van der Waals surface area contributed by atoms with Gasteiger partial charge in [0.05, 0.1) is 6.04 Å². The Morgan fingerprint density at radius 1 is 1.71 bits per heavy atom. The van der Waals surface area contributed by atoms with E-state index in [0.717, 1.165) is 18.7 Å². The molecular weight excluding hydrogens is 196 g/mol. The van der Waals surface area contributed by atoms with E-state index in [4.69, 9.17) is 0 Å². The molecule has 0 aromatic heterocycles. The first kappa shape index (κ1) is 11.9. The maximum atomic E-state index is 11.8. The number of carbonyl (C=O) groups is 1. The Morgan fingerprint density at radius 3 is 2.93 bits per heavy atom. The van der Waals surface area contributed by atoms with Crippen molar-refractivity contribution < 1.29 is 4.79 Å². The first-order valence-electron chi connectivity index (χ1n) is 5.18. The second-order valence-electron chi connectivity index (χ2n) is 4.06. The lowest BCUT2D eigenvalue weighted by molar-refractivity contribution is -0.124. The Morgan fingerprint density at radius 2 is 2.43 bits per heavy atom. The SMILES string of the molecule is CSCC(C)NC(=O)C1NCCC1C. The van der Waals surface area contributed by atoms with Gasteiger partial charge in [-0.3, -0.25) is 4.79 Å². The van der Waals surface area contributed by atoms with E-state index in [1.807, 2.05) is 6.92 Å². The van der Waals surface area contributed by atoms with Crippen LogP contribution < -0.4 is 10.6 Å². The third kappa shape index (κ3) is 3.17. The second-order valence-corrected chi connectivity index (χ2v) is 4.97. The number of rotatable bonds is 4. The zero-order valence-corrected chi connectivity index (χ0v) is 9.99. The highest BCUT2D eigenvalue weighted by atomic mass is 32.2.